The Balaban J connectivity index is 0.000000135. The molecular weight excluding hydrogens is 917 g/mol. The zero-order valence-electron chi connectivity index (χ0n) is 42.2. The van der Waals surface area contributed by atoms with E-state index in [1.54, 1.807) is 14.2 Å². The van der Waals surface area contributed by atoms with E-state index in [0.29, 0.717) is 18.4 Å². The van der Waals surface area contributed by atoms with Gasteiger partial charge >= 0.3 is 0 Å². The Labute approximate surface area is 421 Å². The molecule has 0 saturated carbocycles. The van der Waals surface area contributed by atoms with Crippen LogP contribution in [0.4, 0.5) is 0 Å². The van der Waals surface area contributed by atoms with Gasteiger partial charge in [0.15, 0.2) is 23.0 Å². The fourth-order valence-electron chi connectivity index (χ4n) is 15.3. The largest absolute Gasteiger partial charge is 0.396 e. The van der Waals surface area contributed by atoms with E-state index >= 15 is 0 Å². The normalized spacial score (nSPS) is 27.5. The Hall–Kier alpha value is -6.42. The van der Waals surface area contributed by atoms with Crippen molar-refractivity contribution in [2.45, 2.75) is 101 Å². The lowest BCUT2D eigenvalue weighted by Crippen LogP contribution is -2.56. The van der Waals surface area contributed by atoms with E-state index in [4.69, 9.17) is 14.2 Å². The number of nitrogens with one attached hydrogen (secondary N) is 2. The van der Waals surface area contributed by atoms with Gasteiger partial charge in [0.25, 0.3) is 0 Å². The number of methoxy groups -OCH3 is 2. The van der Waals surface area contributed by atoms with E-state index in [9.17, 15) is 19.8 Å². The second-order valence-electron chi connectivity index (χ2n) is 21.5. The van der Waals surface area contributed by atoms with E-state index < -0.39 is 17.6 Å². The Morgan fingerprint density at radius 1 is 0.658 bits per heavy atom. The van der Waals surface area contributed by atoms with Crippen molar-refractivity contribution in [3.8, 4) is 0 Å². The molecule has 10 aromatic rings. The highest BCUT2D eigenvalue weighted by molar-refractivity contribution is 6.33. The molecular formula is C60H60N6O7. The fraction of sp³-hybridized carbons (Fsp3) is 0.367. The molecule has 1 unspecified atom stereocenters. The third-order valence-corrected chi connectivity index (χ3v) is 18.2. The van der Waals surface area contributed by atoms with Gasteiger partial charge in [-0.05, 0) is 77.5 Å². The number of rotatable bonds is 5. The van der Waals surface area contributed by atoms with Gasteiger partial charge in [0.05, 0.1) is 51.3 Å². The van der Waals surface area contributed by atoms with Gasteiger partial charge in [0, 0.05) is 123 Å². The third kappa shape index (κ3) is 5.55. The summed E-state index contributed by atoms with van der Waals surface area (Å²) in [6, 6.07) is 33.7. The molecule has 3 aliphatic heterocycles. The summed E-state index contributed by atoms with van der Waals surface area (Å²) < 4.78 is 29.2. The summed E-state index contributed by atoms with van der Waals surface area (Å²) in [5.41, 5.74) is 10.3. The summed E-state index contributed by atoms with van der Waals surface area (Å²) in [6.45, 7) is 6.47. The summed E-state index contributed by atoms with van der Waals surface area (Å²) in [6.07, 6.45) is 1.54. The van der Waals surface area contributed by atoms with E-state index in [2.05, 4.69) is 122 Å². The maximum atomic E-state index is 13.5. The van der Waals surface area contributed by atoms with Gasteiger partial charge in [-0.3, -0.25) is 9.59 Å². The van der Waals surface area contributed by atoms with Crippen LogP contribution in [-0.2, 0) is 32.1 Å². The lowest BCUT2D eigenvalue weighted by molar-refractivity contribution is -0.234. The Morgan fingerprint density at radius 3 is 1.82 bits per heavy atom. The molecule has 1 fully saturated rings. The molecule has 0 amide bonds. The standard InChI is InChI=1S/C31H33N3O3.C29H27N3O4/c1-17-16-21(32-3)30(36-4)31(2,37-5)34-23-13-9-7-11-19(23)25-20-14-15-24(35)26(20)27-18-10-6-8-12-22(18)33(17)28(27)29(25)34;1-29-16(13-33)17(30-2)11-22(36-29)31-18-9-5-3-7-14(18)23-25-20(34)12-21(35)26(25)24-15-8-4-6-10-19(15)32(29)28(24)27(23)31/h6-13,17,21,30,32H,14-16H2,1-5H3;3-10,16-17,21-22,30,33,35H,11-13H2,1-2H3/t17-,21-,30-,31-;16-,17?,21-,22-,29+/m01/s1. The van der Waals surface area contributed by atoms with Gasteiger partial charge in [-0.15, -0.1) is 0 Å². The van der Waals surface area contributed by atoms with Crippen molar-refractivity contribution in [2.24, 2.45) is 5.92 Å². The molecule has 0 spiro atoms. The van der Waals surface area contributed by atoms with Crippen LogP contribution >= 0.6 is 0 Å². The van der Waals surface area contributed by atoms with Gasteiger partial charge in [-0.2, -0.15) is 0 Å². The van der Waals surface area contributed by atoms with Crippen molar-refractivity contribution < 1.29 is 34.0 Å². The zero-order chi connectivity index (χ0) is 50.1. The number of ketones is 2. The lowest BCUT2D eigenvalue weighted by Gasteiger charge is -2.48. The van der Waals surface area contributed by atoms with E-state index in [-0.39, 0.29) is 61.0 Å². The van der Waals surface area contributed by atoms with Crippen LogP contribution < -0.4 is 10.6 Å². The fourth-order valence-corrected chi connectivity index (χ4v) is 15.3. The average Bonchev–Trinajstić information content (AvgIpc) is 4.24. The SMILES string of the molecule is CNC1C[C@H]2O[C@@](C)([C@@H]1CO)n1c3ccccc3c3c4c(c5c6ccccc6n2c5c31)C(=O)C[C@H]4O.CN[C@H]1C[C@H](C)n2c3ccccc3c3c4c(c5c6ccccc6n(c5c32)[C@@](C)(OC)[C@H]1OC)CCC4=O. The molecule has 2 aliphatic carbocycles. The number of ether oxygens (including phenoxy) is 3. The summed E-state index contributed by atoms with van der Waals surface area (Å²) in [5, 5.41) is 37.3. The minimum Gasteiger partial charge on any atom is -0.396 e. The van der Waals surface area contributed by atoms with Crippen molar-refractivity contribution in [1.82, 2.24) is 28.9 Å². The van der Waals surface area contributed by atoms with Gasteiger partial charge in [-0.1, -0.05) is 72.8 Å². The minimum absolute atomic E-state index is 0.0135. The number of para-hydroxylation sites is 4. The maximum absolute atomic E-state index is 13.5. The molecule has 13 nitrogen and oxygen atoms in total. The second kappa shape index (κ2) is 15.8. The minimum atomic E-state index is -0.860. The number of likely N-dealkylation sites (N-methyl/N-ethyl adjacent to an activating group) is 1. The number of aliphatic hydroxyl groups excluding tert-OH is 2. The number of hydrogen-bond donors (Lipinski definition) is 4. The number of fused-ring (bicyclic) bond motifs is 22. The van der Waals surface area contributed by atoms with Crippen LogP contribution in [0.3, 0.4) is 0 Å². The Morgan fingerprint density at radius 2 is 1.21 bits per heavy atom. The van der Waals surface area contributed by atoms with Gasteiger partial charge in [0.2, 0.25) is 0 Å². The number of nitrogens with zero attached hydrogens (tertiary/aromatic N) is 4. The molecule has 4 aromatic heterocycles. The van der Waals surface area contributed by atoms with Gasteiger partial charge in [0.1, 0.15) is 12.3 Å². The highest BCUT2D eigenvalue weighted by atomic mass is 16.6. The highest BCUT2D eigenvalue weighted by Crippen LogP contribution is 2.57. The van der Waals surface area contributed by atoms with Crippen LogP contribution in [-0.4, -0.2) is 93.2 Å². The average molecular weight is 977 g/mol. The smallest absolute Gasteiger partial charge is 0.170 e. The molecule has 6 aromatic carbocycles. The molecule has 13 heteroatoms. The van der Waals surface area contributed by atoms with Crippen molar-refractivity contribution in [2.75, 3.05) is 34.9 Å². The van der Waals surface area contributed by atoms with Crippen molar-refractivity contribution in [3.05, 3.63) is 119 Å². The van der Waals surface area contributed by atoms with Crippen LogP contribution in [0.15, 0.2) is 97.1 Å². The topological polar surface area (TPSA) is 146 Å². The highest BCUT2D eigenvalue weighted by Gasteiger charge is 2.53. The van der Waals surface area contributed by atoms with Crippen molar-refractivity contribution >= 4 is 98.8 Å². The first kappa shape index (κ1) is 45.2. The number of aliphatic hydroxyl groups is 2. The van der Waals surface area contributed by atoms with E-state index in [1.165, 1.54) is 16.5 Å². The second-order valence-corrected chi connectivity index (χ2v) is 21.5. The maximum Gasteiger partial charge on any atom is 0.170 e. The number of hydrogen-bond acceptors (Lipinski definition) is 9. The number of carbonyl (C=O) groups excluding carboxylic acids is 2. The van der Waals surface area contributed by atoms with E-state index in [1.807, 2.05) is 38.4 Å². The third-order valence-electron chi connectivity index (χ3n) is 18.2. The lowest BCUT2D eigenvalue weighted by atomic mass is 9.84. The Bertz CT molecular complexity index is 4050. The molecule has 5 aliphatic rings. The number of aryl methyl sites for hydroxylation is 1. The zero-order valence-corrected chi connectivity index (χ0v) is 42.2. The molecule has 0 radical (unpaired) electrons. The predicted molar refractivity (Wildman–Crippen MR) is 287 cm³/mol. The van der Waals surface area contributed by atoms with Crippen LogP contribution in [0, 0.1) is 5.92 Å². The summed E-state index contributed by atoms with van der Waals surface area (Å²) in [4.78, 5) is 27.0. The molecule has 15 rings (SSSR count). The number of Topliss-reactive ketones (excluding diaryl/α,β-unsaturated/α-hetero) is 2. The summed E-state index contributed by atoms with van der Waals surface area (Å²) >= 11 is 0. The molecule has 372 valence electrons. The summed E-state index contributed by atoms with van der Waals surface area (Å²) in [5.74, 6) is 0.0323. The summed E-state index contributed by atoms with van der Waals surface area (Å²) in [7, 11) is 7.51. The van der Waals surface area contributed by atoms with Crippen LogP contribution in [0.5, 0.6) is 0 Å². The first-order chi connectivity index (χ1) is 35.4. The number of benzene rings is 6. The monoisotopic (exact) mass is 976 g/mol. The molecule has 7 heterocycles. The number of aromatic nitrogens is 4. The molecule has 73 heavy (non-hydrogen) atoms. The first-order valence-corrected chi connectivity index (χ1v) is 25.9. The molecule has 1 saturated heterocycles. The van der Waals surface area contributed by atoms with Crippen molar-refractivity contribution in [3.63, 3.8) is 0 Å². The first-order valence-electron chi connectivity index (χ1n) is 25.9. The predicted octanol–water partition coefficient (Wildman–Crippen LogP) is 10.2. The molecule has 2 bridgehead atoms. The van der Waals surface area contributed by atoms with Crippen molar-refractivity contribution in [1.29, 1.82) is 0 Å². The molecule has 9 atom stereocenters. The Kier molecular flexibility index (Phi) is 9.78. The van der Waals surface area contributed by atoms with E-state index in [0.717, 1.165) is 100 Å². The van der Waals surface area contributed by atoms with Gasteiger partial charge in [-0.25, -0.2) is 0 Å². The van der Waals surface area contributed by atoms with Crippen LogP contribution in [0.1, 0.15) is 96.7 Å². The van der Waals surface area contributed by atoms with Crippen LogP contribution in [0.25, 0.3) is 87.2 Å². The van der Waals surface area contributed by atoms with Gasteiger partial charge < -0.3 is 53.3 Å². The number of carbonyl (C=O) groups is 2. The quantitative estimate of drug-likeness (QED) is 0.132. The molecule has 4 N–H and O–H groups in total. The van der Waals surface area contributed by atoms with Crippen LogP contribution in [0.2, 0.25) is 0 Å².